The fourth-order valence-corrected chi connectivity index (χ4v) is 3.32. The molecule has 0 saturated carbocycles. The van der Waals surface area contributed by atoms with E-state index in [-0.39, 0.29) is 6.10 Å². The number of piperidine rings is 1. The second-order valence-corrected chi connectivity index (χ2v) is 6.07. The van der Waals surface area contributed by atoms with Gasteiger partial charge in [0.15, 0.2) is 0 Å². The first-order chi connectivity index (χ1) is 9.22. The van der Waals surface area contributed by atoms with E-state index in [0.717, 1.165) is 45.4 Å². The second-order valence-electron chi connectivity index (χ2n) is 6.07. The molecule has 2 aliphatic heterocycles. The first-order valence-electron chi connectivity index (χ1n) is 7.40. The van der Waals surface area contributed by atoms with Crippen LogP contribution in [0.4, 0.5) is 0 Å². The van der Waals surface area contributed by atoms with Gasteiger partial charge >= 0.3 is 0 Å². The summed E-state index contributed by atoms with van der Waals surface area (Å²) in [4.78, 5) is 5.00. The summed E-state index contributed by atoms with van der Waals surface area (Å²) >= 11 is 0. The van der Waals surface area contributed by atoms with E-state index in [4.69, 9.17) is 0 Å². The molecule has 0 aromatic heterocycles. The van der Waals surface area contributed by atoms with E-state index in [1.165, 1.54) is 11.1 Å². The lowest BCUT2D eigenvalue weighted by Crippen LogP contribution is -2.48. The quantitative estimate of drug-likeness (QED) is 0.873. The third-order valence-electron chi connectivity index (χ3n) is 4.64. The monoisotopic (exact) mass is 260 g/mol. The zero-order chi connectivity index (χ0) is 13.2. The molecule has 1 N–H and O–H groups in total. The van der Waals surface area contributed by atoms with Crippen molar-refractivity contribution in [3.05, 3.63) is 35.4 Å². The number of likely N-dealkylation sites (N-methyl/N-ethyl adjacent to an activating group) is 1. The SMILES string of the molecule is CN1Cc2ccccc2C[C@H]1CN1CCC(O)CC1. The molecule has 0 radical (unpaired) electrons. The number of aliphatic hydroxyl groups excluding tert-OH is 1. The summed E-state index contributed by atoms with van der Waals surface area (Å²) < 4.78 is 0. The number of rotatable bonds is 2. The van der Waals surface area contributed by atoms with Crippen LogP contribution < -0.4 is 0 Å². The van der Waals surface area contributed by atoms with Gasteiger partial charge in [0.1, 0.15) is 0 Å². The average molecular weight is 260 g/mol. The number of aliphatic hydroxyl groups is 1. The topological polar surface area (TPSA) is 26.7 Å². The summed E-state index contributed by atoms with van der Waals surface area (Å²) in [6, 6.07) is 9.43. The van der Waals surface area contributed by atoms with Gasteiger partial charge in [0.05, 0.1) is 6.10 Å². The van der Waals surface area contributed by atoms with Gasteiger partial charge in [-0.25, -0.2) is 0 Å². The normalized spacial score (nSPS) is 26.3. The van der Waals surface area contributed by atoms with Crippen molar-refractivity contribution in [2.75, 3.05) is 26.7 Å². The molecule has 2 aliphatic rings. The first kappa shape index (κ1) is 13.1. The summed E-state index contributed by atoms with van der Waals surface area (Å²) in [5.74, 6) is 0. The Kier molecular flexibility index (Phi) is 3.87. The predicted octanol–water partition coefficient (Wildman–Crippen LogP) is 1.50. The third kappa shape index (κ3) is 2.99. The smallest absolute Gasteiger partial charge is 0.0564 e. The van der Waals surface area contributed by atoms with Crippen LogP contribution in [0, 0.1) is 0 Å². The predicted molar refractivity (Wildman–Crippen MR) is 77.1 cm³/mol. The molecule has 2 heterocycles. The Morgan fingerprint density at radius 3 is 2.58 bits per heavy atom. The van der Waals surface area contributed by atoms with Crippen molar-refractivity contribution in [1.82, 2.24) is 9.80 Å². The van der Waals surface area contributed by atoms with E-state index in [0.29, 0.717) is 6.04 Å². The van der Waals surface area contributed by atoms with Crippen LogP contribution in [-0.2, 0) is 13.0 Å². The van der Waals surface area contributed by atoms with Gasteiger partial charge in [-0.1, -0.05) is 24.3 Å². The minimum Gasteiger partial charge on any atom is -0.393 e. The molecular formula is C16H24N2O. The molecule has 19 heavy (non-hydrogen) atoms. The molecule has 3 nitrogen and oxygen atoms in total. The Morgan fingerprint density at radius 2 is 1.84 bits per heavy atom. The van der Waals surface area contributed by atoms with Crippen LogP contribution in [0.5, 0.6) is 0 Å². The Bertz CT molecular complexity index is 427. The average Bonchev–Trinajstić information content (AvgIpc) is 2.42. The highest BCUT2D eigenvalue weighted by Gasteiger charge is 2.26. The van der Waals surface area contributed by atoms with E-state index in [1.54, 1.807) is 0 Å². The minimum absolute atomic E-state index is 0.0685. The summed E-state index contributed by atoms with van der Waals surface area (Å²) in [7, 11) is 2.24. The van der Waals surface area contributed by atoms with Gasteiger partial charge in [-0.2, -0.15) is 0 Å². The molecule has 104 valence electrons. The molecule has 0 spiro atoms. The summed E-state index contributed by atoms with van der Waals surface area (Å²) in [5.41, 5.74) is 3.00. The van der Waals surface area contributed by atoms with Gasteiger partial charge in [-0.05, 0) is 37.4 Å². The van der Waals surface area contributed by atoms with Crippen molar-refractivity contribution in [1.29, 1.82) is 0 Å². The molecule has 1 saturated heterocycles. The van der Waals surface area contributed by atoms with Crippen LogP contribution >= 0.6 is 0 Å². The molecule has 1 atom stereocenters. The Hall–Kier alpha value is -0.900. The zero-order valence-electron chi connectivity index (χ0n) is 11.8. The molecule has 0 aliphatic carbocycles. The molecule has 1 aromatic rings. The standard InChI is InChI=1S/C16H24N2O/c1-17-11-14-5-3-2-4-13(14)10-15(17)12-18-8-6-16(19)7-9-18/h2-5,15-16,19H,6-12H2,1H3/t15-/m0/s1. The van der Waals surface area contributed by atoms with Crippen LogP contribution in [0.25, 0.3) is 0 Å². The summed E-state index contributed by atoms with van der Waals surface area (Å²) in [6.45, 7) is 4.30. The maximum Gasteiger partial charge on any atom is 0.0564 e. The highest BCUT2D eigenvalue weighted by atomic mass is 16.3. The van der Waals surface area contributed by atoms with Crippen LogP contribution in [0.2, 0.25) is 0 Å². The largest absolute Gasteiger partial charge is 0.393 e. The van der Waals surface area contributed by atoms with Crippen molar-refractivity contribution >= 4 is 0 Å². The number of fused-ring (bicyclic) bond motifs is 1. The number of likely N-dealkylation sites (tertiary alicyclic amines) is 1. The second kappa shape index (κ2) is 5.61. The van der Waals surface area contributed by atoms with Crippen molar-refractivity contribution in [2.24, 2.45) is 0 Å². The highest BCUT2D eigenvalue weighted by Crippen LogP contribution is 2.23. The van der Waals surface area contributed by atoms with Crippen LogP contribution in [0.15, 0.2) is 24.3 Å². The number of hydrogen-bond acceptors (Lipinski definition) is 3. The summed E-state index contributed by atoms with van der Waals surface area (Å²) in [6.07, 6.45) is 2.97. The van der Waals surface area contributed by atoms with E-state index in [9.17, 15) is 5.11 Å². The fourth-order valence-electron chi connectivity index (χ4n) is 3.32. The molecule has 1 aromatic carbocycles. The molecule has 1 fully saturated rings. The molecule has 0 unspecified atom stereocenters. The summed E-state index contributed by atoms with van der Waals surface area (Å²) in [5, 5.41) is 9.58. The zero-order valence-corrected chi connectivity index (χ0v) is 11.8. The van der Waals surface area contributed by atoms with Gasteiger partial charge < -0.3 is 10.0 Å². The van der Waals surface area contributed by atoms with E-state index >= 15 is 0 Å². The number of hydrogen-bond donors (Lipinski definition) is 1. The van der Waals surface area contributed by atoms with E-state index in [1.807, 2.05) is 0 Å². The highest BCUT2D eigenvalue weighted by molar-refractivity contribution is 5.30. The number of nitrogens with zero attached hydrogens (tertiary/aromatic N) is 2. The Labute approximate surface area is 115 Å². The minimum atomic E-state index is -0.0685. The van der Waals surface area contributed by atoms with Gasteiger partial charge in [0.2, 0.25) is 0 Å². The first-order valence-corrected chi connectivity index (χ1v) is 7.40. The van der Waals surface area contributed by atoms with Gasteiger partial charge in [-0.3, -0.25) is 4.90 Å². The maximum absolute atomic E-state index is 9.58. The van der Waals surface area contributed by atoms with Crippen molar-refractivity contribution < 1.29 is 5.11 Å². The molecule has 3 rings (SSSR count). The number of benzene rings is 1. The lowest BCUT2D eigenvalue weighted by molar-refractivity contribution is 0.0632. The maximum atomic E-state index is 9.58. The van der Waals surface area contributed by atoms with E-state index in [2.05, 4.69) is 41.1 Å². The van der Waals surface area contributed by atoms with Gasteiger partial charge in [0, 0.05) is 32.2 Å². The van der Waals surface area contributed by atoms with E-state index < -0.39 is 0 Å². The van der Waals surface area contributed by atoms with Gasteiger partial charge in [0.25, 0.3) is 0 Å². The third-order valence-corrected chi connectivity index (χ3v) is 4.64. The molecular weight excluding hydrogens is 236 g/mol. The lowest BCUT2D eigenvalue weighted by Gasteiger charge is -2.39. The Morgan fingerprint density at radius 1 is 1.16 bits per heavy atom. The van der Waals surface area contributed by atoms with Crippen molar-refractivity contribution in [3.8, 4) is 0 Å². The van der Waals surface area contributed by atoms with Gasteiger partial charge in [-0.15, -0.1) is 0 Å². The lowest BCUT2D eigenvalue weighted by atomic mass is 9.93. The Balaban J connectivity index is 1.63. The molecule has 0 bridgehead atoms. The van der Waals surface area contributed by atoms with Crippen LogP contribution in [-0.4, -0.2) is 53.7 Å². The molecule has 0 amide bonds. The van der Waals surface area contributed by atoms with Crippen LogP contribution in [0.3, 0.4) is 0 Å². The van der Waals surface area contributed by atoms with Crippen molar-refractivity contribution in [3.63, 3.8) is 0 Å². The van der Waals surface area contributed by atoms with Crippen molar-refractivity contribution in [2.45, 2.75) is 38.0 Å². The fraction of sp³-hybridized carbons (Fsp3) is 0.625. The van der Waals surface area contributed by atoms with Crippen LogP contribution in [0.1, 0.15) is 24.0 Å². The molecule has 3 heteroatoms.